The van der Waals surface area contributed by atoms with Crippen LogP contribution in [0.15, 0.2) is 36.4 Å². The van der Waals surface area contributed by atoms with Gasteiger partial charge in [-0.3, -0.25) is 4.79 Å². The van der Waals surface area contributed by atoms with E-state index in [-0.39, 0.29) is 18.8 Å². The molecule has 0 aliphatic carbocycles. The van der Waals surface area contributed by atoms with Crippen LogP contribution in [0.5, 0.6) is 0 Å². The molecule has 2 aromatic heterocycles. The van der Waals surface area contributed by atoms with E-state index in [0.29, 0.717) is 23.9 Å². The average Bonchev–Trinajstić information content (AvgIpc) is 3.16. The Kier molecular flexibility index (Phi) is 4.94. The summed E-state index contributed by atoms with van der Waals surface area (Å²) in [6.07, 6.45) is -4.66. The van der Waals surface area contributed by atoms with Crippen molar-refractivity contribution in [2.75, 3.05) is 13.2 Å². The minimum atomic E-state index is -4.66. The van der Waals surface area contributed by atoms with Crippen LogP contribution in [-0.2, 0) is 17.5 Å². The zero-order chi connectivity index (χ0) is 22.6. The number of morpholine rings is 1. The van der Waals surface area contributed by atoms with Crippen molar-refractivity contribution in [3.63, 3.8) is 0 Å². The first-order valence-corrected chi connectivity index (χ1v) is 10.3. The number of rotatable bonds is 2. The minimum Gasteiger partial charge on any atom is -0.377 e. The molecule has 3 aromatic rings. The van der Waals surface area contributed by atoms with Crippen LogP contribution in [-0.4, -0.2) is 49.8 Å². The highest BCUT2D eigenvalue weighted by molar-refractivity contribution is 6.34. The molecule has 0 N–H and O–H groups in total. The summed E-state index contributed by atoms with van der Waals surface area (Å²) in [5, 5.41) is 7.95. The lowest BCUT2D eigenvalue weighted by Crippen LogP contribution is -2.56. The molecular formula is C21H17ClF3N5O2. The van der Waals surface area contributed by atoms with Crippen LogP contribution in [0.25, 0.3) is 11.5 Å². The Bertz CT molecular complexity index is 1210. The van der Waals surface area contributed by atoms with E-state index >= 15 is 0 Å². The van der Waals surface area contributed by atoms with Gasteiger partial charge in [-0.2, -0.15) is 13.2 Å². The molecule has 32 heavy (non-hydrogen) atoms. The van der Waals surface area contributed by atoms with Gasteiger partial charge < -0.3 is 14.2 Å². The molecule has 166 valence electrons. The summed E-state index contributed by atoms with van der Waals surface area (Å²) < 4.78 is 47.4. The van der Waals surface area contributed by atoms with Gasteiger partial charge in [0.25, 0.3) is 5.91 Å². The third kappa shape index (κ3) is 3.34. The smallest absolute Gasteiger partial charge is 0.377 e. The largest absolute Gasteiger partial charge is 0.417 e. The van der Waals surface area contributed by atoms with Crippen LogP contribution >= 0.6 is 11.6 Å². The number of fused-ring (bicyclic) bond motifs is 4. The molecule has 0 saturated carbocycles. The minimum absolute atomic E-state index is 0.151. The molecule has 1 aromatic carbocycles. The second kappa shape index (κ2) is 7.56. The van der Waals surface area contributed by atoms with Gasteiger partial charge in [-0.15, -0.1) is 10.2 Å². The number of hydrogen-bond acceptors (Lipinski definition) is 5. The topological polar surface area (TPSA) is 73.1 Å². The third-order valence-electron chi connectivity index (χ3n) is 5.67. The van der Waals surface area contributed by atoms with Crippen LogP contribution in [0.1, 0.15) is 33.5 Å². The summed E-state index contributed by atoms with van der Waals surface area (Å²) in [6.45, 7) is 2.58. The van der Waals surface area contributed by atoms with Crippen LogP contribution in [0.3, 0.4) is 0 Å². The lowest BCUT2D eigenvalue weighted by Gasteiger charge is -2.45. The van der Waals surface area contributed by atoms with E-state index in [2.05, 4.69) is 15.2 Å². The van der Waals surface area contributed by atoms with E-state index in [1.165, 1.54) is 17.0 Å². The Morgan fingerprint density at radius 1 is 1.16 bits per heavy atom. The van der Waals surface area contributed by atoms with Crippen LogP contribution in [0.2, 0.25) is 5.02 Å². The van der Waals surface area contributed by atoms with Gasteiger partial charge in [0, 0.05) is 12.2 Å². The number of ether oxygens (including phenoxy) is 1. The van der Waals surface area contributed by atoms with Crippen molar-refractivity contribution in [1.82, 2.24) is 24.6 Å². The zero-order valence-corrected chi connectivity index (χ0v) is 17.6. The van der Waals surface area contributed by atoms with Crippen LogP contribution in [0, 0.1) is 6.92 Å². The Morgan fingerprint density at radius 2 is 1.94 bits per heavy atom. The highest BCUT2D eigenvalue weighted by Gasteiger charge is 2.45. The molecule has 11 heteroatoms. The van der Waals surface area contributed by atoms with Crippen molar-refractivity contribution < 1.29 is 22.7 Å². The summed E-state index contributed by atoms with van der Waals surface area (Å²) in [7, 11) is 0. The first-order valence-electron chi connectivity index (χ1n) is 9.89. The maximum atomic E-state index is 13.4. The van der Waals surface area contributed by atoms with E-state index in [0.717, 1.165) is 11.8 Å². The fourth-order valence-corrected chi connectivity index (χ4v) is 4.56. The Labute approximate surface area is 185 Å². The molecule has 1 amide bonds. The molecule has 4 heterocycles. The SMILES string of the molecule is Cc1cccc(-c2nnc3n2C[C@@H]2COC[C@H]3N2C(=O)c2cccc(C(F)(F)F)c2Cl)n1. The molecule has 2 atom stereocenters. The van der Waals surface area contributed by atoms with E-state index in [1.54, 1.807) is 0 Å². The number of aryl methyl sites for hydroxylation is 1. The van der Waals surface area contributed by atoms with Gasteiger partial charge in [-0.05, 0) is 31.2 Å². The lowest BCUT2D eigenvalue weighted by molar-refractivity contribution is -0.137. The standard InChI is InChI=1S/C21H17ClF3N5O2/c1-11-4-2-7-15(26-11)18-27-28-19-16-10-32-9-12(8-29(18)19)30(16)20(31)13-5-3-6-14(17(13)22)21(23,24)25/h2-7,12,16H,8-10H2,1H3/t12-,16-/m1/s1. The molecular weight excluding hydrogens is 447 g/mol. The first kappa shape index (κ1) is 20.9. The van der Waals surface area contributed by atoms with E-state index in [9.17, 15) is 18.0 Å². The van der Waals surface area contributed by atoms with Crippen molar-refractivity contribution in [3.05, 3.63) is 64.1 Å². The predicted molar refractivity (Wildman–Crippen MR) is 108 cm³/mol. The fourth-order valence-electron chi connectivity index (χ4n) is 4.24. The van der Waals surface area contributed by atoms with E-state index in [4.69, 9.17) is 16.3 Å². The van der Waals surface area contributed by atoms with Gasteiger partial charge in [-0.1, -0.05) is 23.7 Å². The van der Waals surface area contributed by atoms with Crippen molar-refractivity contribution in [2.45, 2.75) is 31.7 Å². The number of alkyl halides is 3. The number of amides is 1. The average molecular weight is 464 g/mol. The molecule has 0 radical (unpaired) electrons. The molecule has 1 fully saturated rings. The van der Waals surface area contributed by atoms with Crippen molar-refractivity contribution >= 4 is 17.5 Å². The molecule has 2 aliphatic rings. The molecule has 2 aliphatic heterocycles. The van der Waals surface area contributed by atoms with Crippen molar-refractivity contribution in [3.8, 4) is 11.5 Å². The predicted octanol–water partition coefficient (Wildman–Crippen LogP) is 3.92. The third-order valence-corrected chi connectivity index (χ3v) is 6.08. The molecule has 1 saturated heterocycles. The Hall–Kier alpha value is -2.98. The van der Waals surface area contributed by atoms with Gasteiger partial charge in [0.2, 0.25) is 0 Å². The number of aromatic nitrogens is 4. The maximum absolute atomic E-state index is 13.4. The van der Waals surface area contributed by atoms with Crippen LogP contribution in [0.4, 0.5) is 13.2 Å². The van der Waals surface area contributed by atoms with Gasteiger partial charge in [0.1, 0.15) is 11.7 Å². The molecule has 0 unspecified atom stereocenters. The van der Waals surface area contributed by atoms with Crippen molar-refractivity contribution in [2.24, 2.45) is 0 Å². The Balaban J connectivity index is 1.55. The van der Waals surface area contributed by atoms with Gasteiger partial charge in [0.05, 0.1) is 35.4 Å². The fraction of sp³-hybridized carbons (Fsp3) is 0.333. The quantitative estimate of drug-likeness (QED) is 0.576. The van der Waals surface area contributed by atoms with Crippen LogP contribution < -0.4 is 0 Å². The summed E-state index contributed by atoms with van der Waals surface area (Å²) in [5.74, 6) is 0.476. The van der Waals surface area contributed by atoms with Gasteiger partial charge in [0.15, 0.2) is 11.6 Å². The summed E-state index contributed by atoms with van der Waals surface area (Å²) in [6, 6.07) is 7.90. The highest BCUT2D eigenvalue weighted by atomic mass is 35.5. The summed E-state index contributed by atoms with van der Waals surface area (Å²) in [4.78, 5) is 19.4. The van der Waals surface area contributed by atoms with Crippen molar-refractivity contribution in [1.29, 1.82) is 0 Å². The zero-order valence-electron chi connectivity index (χ0n) is 16.8. The second-order valence-electron chi connectivity index (χ2n) is 7.74. The number of nitrogens with zero attached hydrogens (tertiary/aromatic N) is 5. The van der Waals surface area contributed by atoms with E-state index in [1.807, 2.05) is 29.7 Å². The number of benzene rings is 1. The monoisotopic (exact) mass is 463 g/mol. The lowest BCUT2D eigenvalue weighted by atomic mass is 10.0. The summed E-state index contributed by atoms with van der Waals surface area (Å²) >= 11 is 6.02. The maximum Gasteiger partial charge on any atom is 0.417 e. The number of carbonyl (C=O) groups excluding carboxylic acids is 1. The van der Waals surface area contributed by atoms with Gasteiger partial charge >= 0.3 is 6.18 Å². The van der Waals surface area contributed by atoms with Gasteiger partial charge in [-0.25, -0.2) is 4.98 Å². The molecule has 5 rings (SSSR count). The second-order valence-corrected chi connectivity index (χ2v) is 8.12. The highest BCUT2D eigenvalue weighted by Crippen LogP contribution is 2.39. The number of halogens is 4. The Morgan fingerprint density at radius 3 is 2.69 bits per heavy atom. The number of pyridine rings is 1. The molecule has 0 spiro atoms. The molecule has 7 nitrogen and oxygen atoms in total. The number of carbonyl (C=O) groups is 1. The number of hydrogen-bond donors (Lipinski definition) is 0. The summed E-state index contributed by atoms with van der Waals surface area (Å²) in [5.41, 5.74) is 0.241. The van der Waals surface area contributed by atoms with E-state index < -0.39 is 34.8 Å². The first-order chi connectivity index (χ1) is 15.3. The normalized spacial score (nSPS) is 20.2. The molecule has 2 bridgehead atoms.